The lowest BCUT2D eigenvalue weighted by Crippen LogP contribution is -2.19. The third kappa shape index (κ3) is 2.40. The van der Waals surface area contributed by atoms with Gasteiger partial charge >= 0.3 is 0 Å². The van der Waals surface area contributed by atoms with Crippen molar-refractivity contribution in [1.82, 2.24) is 20.2 Å². The smallest absolute Gasteiger partial charge is 0.183 e. The molecule has 1 N–H and O–H groups in total. The number of aromatic amines is 1. The first-order chi connectivity index (χ1) is 9.28. The Hall–Kier alpha value is -2.42. The number of nitrogens with one attached hydrogen (secondary N) is 1. The molecule has 0 radical (unpaired) electrons. The summed E-state index contributed by atoms with van der Waals surface area (Å²) in [6.45, 7) is 0.632. The summed E-state index contributed by atoms with van der Waals surface area (Å²) in [5, 5.41) is 16.4. The maximum absolute atomic E-state index is 9.02. The maximum Gasteiger partial charge on any atom is 0.183 e. The average Bonchev–Trinajstić information content (AvgIpc) is 3.19. The Balaban J connectivity index is 1.76. The summed E-state index contributed by atoms with van der Waals surface area (Å²) in [5.41, 5.74) is 2.51. The van der Waals surface area contributed by atoms with Gasteiger partial charge in [-0.15, -0.1) is 0 Å². The fraction of sp³-hybridized carbons (Fsp3) is 0.385. The Morgan fingerprint density at radius 1 is 1.42 bits per heavy atom. The first kappa shape index (κ1) is 11.7. The van der Waals surface area contributed by atoms with E-state index in [-0.39, 0.29) is 0 Å². The fourth-order valence-electron chi connectivity index (χ4n) is 2.07. The summed E-state index contributed by atoms with van der Waals surface area (Å²) in [5.74, 6) is 1.23. The van der Waals surface area contributed by atoms with Crippen molar-refractivity contribution in [3.63, 3.8) is 0 Å². The Morgan fingerprint density at radius 2 is 2.21 bits per heavy atom. The van der Waals surface area contributed by atoms with E-state index in [9.17, 15) is 0 Å². The Morgan fingerprint density at radius 3 is 2.95 bits per heavy atom. The van der Waals surface area contributed by atoms with Crippen LogP contribution in [-0.4, -0.2) is 27.2 Å². The second-order valence-corrected chi connectivity index (χ2v) is 4.79. The lowest BCUT2D eigenvalue weighted by Gasteiger charge is -2.17. The van der Waals surface area contributed by atoms with Gasteiger partial charge in [-0.2, -0.15) is 10.4 Å². The van der Waals surface area contributed by atoms with Crippen molar-refractivity contribution in [3.8, 4) is 6.07 Å². The zero-order valence-electron chi connectivity index (χ0n) is 10.7. The molecule has 2 aromatic heterocycles. The van der Waals surface area contributed by atoms with Crippen LogP contribution in [0.5, 0.6) is 0 Å². The van der Waals surface area contributed by atoms with Gasteiger partial charge in [0.25, 0.3) is 0 Å². The summed E-state index contributed by atoms with van der Waals surface area (Å²) in [6.07, 6.45) is 5.60. The van der Waals surface area contributed by atoms with Crippen LogP contribution in [0.3, 0.4) is 0 Å². The fourth-order valence-corrected chi connectivity index (χ4v) is 2.07. The molecule has 6 nitrogen and oxygen atoms in total. The van der Waals surface area contributed by atoms with E-state index in [1.165, 1.54) is 19.0 Å². The van der Waals surface area contributed by atoms with Crippen molar-refractivity contribution in [3.05, 3.63) is 35.5 Å². The number of anilines is 1. The highest BCUT2D eigenvalue weighted by atomic mass is 15.2. The van der Waals surface area contributed by atoms with Crippen LogP contribution in [0.2, 0.25) is 0 Å². The molecule has 2 aromatic rings. The van der Waals surface area contributed by atoms with Crippen molar-refractivity contribution in [2.75, 3.05) is 11.9 Å². The molecule has 0 spiro atoms. The molecule has 1 aliphatic rings. The van der Waals surface area contributed by atoms with Gasteiger partial charge in [0.2, 0.25) is 0 Å². The van der Waals surface area contributed by atoms with Gasteiger partial charge in [0, 0.05) is 25.4 Å². The maximum atomic E-state index is 9.02. The summed E-state index contributed by atoms with van der Waals surface area (Å²) >= 11 is 0. The standard InChI is InChI=1S/C13H14N6/c1-19(13-12(7-14)15-4-5-16-13)8-10-6-11(18-17-10)9-2-3-9/h4-6,9H,2-3,8H2,1H3,(H,17,18). The zero-order valence-corrected chi connectivity index (χ0v) is 10.7. The molecule has 1 fully saturated rings. The van der Waals surface area contributed by atoms with Gasteiger partial charge in [0.1, 0.15) is 6.07 Å². The number of nitrogens with zero attached hydrogens (tertiary/aromatic N) is 5. The van der Waals surface area contributed by atoms with Crippen LogP contribution in [0.1, 0.15) is 35.8 Å². The highest BCUT2D eigenvalue weighted by Gasteiger charge is 2.26. The van der Waals surface area contributed by atoms with E-state index < -0.39 is 0 Å². The second-order valence-electron chi connectivity index (χ2n) is 4.79. The van der Waals surface area contributed by atoms with E-state index in [0.717, 1.165) is 11.4 Å². The largest absolute Gasteiger partial charge is 0.351 e. The lowest BCUT2D eigenvalue weighted by atomic mass is 10.2. The van der Waals surface area contributed by atoms with Crippen molar-refractivity contribution in [2.24, 2.45) is 0 Å². The molecular formula is C13H14N6. The number of nitriles is 1. The number of rotatable bonds is 4. The molecule has 0 unspecified atom stereocenters. The minimum Gasteiger partial charge on any atom is -0.351 e. The van der Waals surface area contributed by atoms with Crippen LogP contribution in [0.15, 0.2) is 18.5 Å². The molecule has 0 saturated heterocycles. The molecule has 3 rings (SSSR count). The summed E-state index contributed by atoms with van der Waals surface area (Å²) in [6, 6.07) is 4.15. The third-order valence-electron chi connectivity index (χ3n) is 3.20. The highest BCUT2D eigenvalue weighted by Crippen LogP contribution is 2.39. The molecule has 19 heavy (non-hydrogen) atoms. The molecular weight excluding hydrogens is 240 g/mol. The normalized spacial score (nSPS) is 14.1. The molecule has 6 heteroatoms. The summed E-state index contributed by atoms with van der Waals surface area (Å²) < 4.78 is 0. The minimum atomic E-state index is 0.340. The first-order valence-electron chi connectivity index (χ1n) is 6.24. The minimum absolute atomic E-state index is 0.340. The van der Waals surface area contributed by atoms with Crippen molar-refractivity contribution >= 4 is 5.82 Å². The summed E-state index contributed by atoms with van der Waals surface area (Å²) in [4.78, 5) is 10.1. The molecule has 1 saturated carbocycles. The molecule has 2 heterocycles. The van der Waals surface area contributed by atoms with E-state index in [0.29, 0.717) is 24.0 Å². The number of hydrogen-bond acceptors (Lipinski definition) is 5. The van der Waals surface area contributed by atoms with E-state index in [1.54, 1.807) is 6.20 Å². The molecule has 0 aliphatic heterocycles. The predicted molar refractivity (Wildman–Crippen MR) is 69.4 cm³/mol. The first-order valence-corrected chi connectivity index (χ1v) is 6.24. The average molecular weight is 254 g/mol. The number of aromatic nitrogens is 4. The van der Waals surface area contributed by atoms with Crippen molar-refractivity contribution < 1.29 is 0 Å². The summed E-state index contributed by atoms with van der Waals surface area (Å²) in [7, 11) is 1.89. The van der Waals surface area contributed by atoms with E-state index in [2.05, 4.69) is 32.3 Å². The van der Waals surface area contributed by atoms with Gasteiger partial charge in [-0.3, -0.25) is 5.10 Å². The molecule has 0 atom stereocenters. The topological polar surface area (TPSA) is 81.5 Å². The quantitative estimate of drug-likeness (QED) is 0.895. The van der Waals surface area contributed by atoms with Crippen LogP contribution in [0, 0.1) is 11.3 Å². The van der Waals surface area contributed by atoms with Gasteiger partial charge in [-0.1, -0.05) is 0 Å². The van der Waals surface area contributed by atoms with E-state index in [1.807, 2.05) is 11.9 Å². The van der Waals surface area contributed by atoms with Crippen LogP contribution >= 0.6 is 0 Å². The van der Waals surface area contributed by atoms with E-state index in [4.69, 9.17) is 5.26 Å². The van der Waals surface area contributed by atoms with Crippen LogP contribution < -0.4 is 4.90 Å². The van der Waals surface area contributed by atoms with Gasteiger partial charge in [0.05, 0.1) is 17.9 Å². The zero-order chi connectivity index (χ0) is 13.2. The van der Waals surface area contributed by atoms with Gasteiger partial charge in [0.15, 0.2) is 11.5 Å². The Bertz CT molecular complexity index is 622. The van der Waals surface area contributed by atoms with Crippen LogP contribution in [0.4, 0.5) is 5.82 Å². The van der Waals surface area contributed by atoms with Gasteiger partial charge in [-0.25, -0.2) is 9.97 Å². The monoisotopic (exact) mass is 254 g/mol. The second kappa shape index (κ2) is 4.69. The predicted octanol–water partition coefficient (Wildman–Crippen LogP) is 1.59. The van der Waals surface area contributed by atoms with Crippen LogP contribution in [-0.2, 0) is 6.54 Å². The number of H-pyrrole nitrogens is 1. The molecule has 0 bridgehead atoms. The number of hydrogen-bond donors (Lipinski definition) is 1. The molecule has 1 aliphatic carbocycles. The Kier molecular flexibility index (Phi) is 2.88. The van der Waals surface area contributed by atoms with E-state index >= 15 is 0 Å². The molecule has 96 valence electrons. The van der Waals surface area contributed by atoms with Gasteiger partial charge < -0.3 is 4.90 Å². The van der Waals surface area contributed by atoms with Crippen molar-refractivity contribution in [2.45, 2.75) is 25.3 Å². The third-order valence-corrected chi connectivity index (χ3v) is 3.20. The van der Waals surface area contributed by atoms with Gasteiger partial charge in [-0.05, 0) is 18.9 Å². The SMILES string of the molecule is CN(Cc1cc(C2CC2)n[nH]1)c1nccnc1C#N. The molecule has 0 aromatic carbocycles. The highest BCUT2D eigenvalue weighted by molar-refractivity contribution is 5.48. The lowest BCUT2D eigenvalue weighted by molar-refractivity contribution is 0.842. The molecule has 0 amide bonds. The van der Waals surface area contributed by atoms with Crippen LogP contribution in [0.25, 0.3) is 0 Å². The van der Waals surface area contributed by atoms with Crippen molar-refractivity contribution in [1.29, 1.82) is 5.26 Å². The Labute approximate surface area is 111 Å².